The maximum atomic E-state index is 12.5. The van der Waals surface area contributed by atoms with Gasteiger partial charge in [0.05, 0.1) is 31.6 Å². The average molecular weight is 584 g/mol. The lowest BCUT2D eigenvalue weighted by Gasteiger charge is -2.22. The predicted molar refractivity (Wildman–Crippen MR) is 165 cm³/mol. The molecule has 0 heterocycles. The molecule has 8 nitrogen and oxygen atoms in total. The van der Waals surface area contributed by atoms with Crippen LogP contribution in [0.15, 0.2) is 12.2 Å². The van der Waals surface area contributed by atoms with Crippen LogP contribution < -0.4 is 5.32 Å². The van der Waals surface area contributed by atoms with E-state index in [0.717, 1.165) is 44.9 Å². The third-order valence-corrected chi connectivity index (χ3v) is 7.08. The van der Waals surface area contributed by atoms with Gasteiger partial charge in [0.15, 0.2) is 0 Å². The molecule has 0 saturated heterocycles. The molecule has 240 valence electrons. The lowest BCUT2D eigenvalue weighted by molar-refractivity contribution is -0.151. The largest absolute Gasteiger partial charge is 0.463 e. The molecule has 2 N–H and O–H groups in total. The van der Waals surface area contributed by atoms with E-state index in [0.29, 0.717) is 13.0 Å². The third kappa shape index (κ3) is 26.7. The number of allylic oxidation sites excluding steroid dienone is 1. The van der Waals surface area contributed by atoms with Crippen LogP contribution in [-0.2, 0) is 28.6 Å². The summed E-state index contributed by atoms with van der Waals surface area (Å²) < 4.78 is 15.1. The summed E-state index contributed by atoms with van der Waals surface area (Å²) in [7, 11) is 1.51. The molecule has 0 aromatic heterocycles. The van der Waals surface area contributed by atoms with Crippen LogP contribution in [0.5, 0.6) is 0 Å². The Morgan fingerprint density at radius 1 is 0.683 bits per heavy atom. The van der Waals surface area contributed by atoms with Crippen molar-refractivity contribution >= 4 is 17.8 Å². The highest BCUT2D eigenvalue weighted by Crippen LogP contribution is 2.12. The fraction of sp³-hybridized carbons (Fsp3) is 0.848. The molecule has 0 radical (unpaired) electrons. The second-order valence-corrected chi connectivity index (χ2v) is 11.0. The van der Waals surface area contributed by atoms with Crippen molar-refractivity contribution in [2.24, 2.45) is 0 Å². The maximum absolute atomic E-state index is 12.5. The first-order valence-electron chi connectivity index (χ1n) is 16.4. The SMILES string of the molecule is CCCCCCCCCCCCCC=CC(O)C(COC(=O)CCC(=O)OCCOC)NC(=O)CCCCCCC. The van der Waals surface area contributed by atoms with Crippen molar-refractivity contribution in [3.63, 3.8) is 0 Å². The van der Waals surface area contributed by atoms with Crippen molar-refractivity contribution in [2.45, 2.75) is 154 Å². The standard InChI is InChI=1S/C33H61NO7/c1-4-6-8-10-11-12-13-14-15-16-17-19-20-22-30(35)29(34-31(36)23-21-18-9-7-5-2)28-41-33(38)25-24-32(37)40-27-26-39-3/h20,22,29-30,35H,4-19,21,23-28H2,1-3H3,(H,34,36). The second kappa shape index (κ2) is 29.6. The number of methoxy groups -OCH3 is 1. The van der Waals surface area contributed by atoms with E-state index in [-0.39, 0.29) is 32.0 Å². The number of carbonyl (C=O) groups is 3. The summed E-state index contributed by atoms with van der Waals surface area (Å²) in [6.45, 7) is 4.66. The van der Waals surface area contributed by atoms with E-state index < -0.39 is 24.1 Å². The Labute approximate surface area is 250 Å². The Balaban J connectivity index is 4.46. The van der Waals surface area contributed by atoms with Gasteiger partial charge >= 0.3 is 11.9 Å². The van der Waals surface area contributed by atoms with Crippen LogP contribution in [0, 0.1) is 0 Å². The summed E-state index contributed by atoms with van der Waals surface area (Å²) in [6, 6.07) is -0.746. The zero-order valence-corrected chi connectivity index (χ0v) is 26.5. The van der Waals surface area contributed by atoms with Gasteiger partial charge in [0.2, 0.25) is 5.91 Å². The molecule has 2 unspecified atom stereocenters. The first-order valence-corrected chi connectivity index (χ1v) is 16.4. The topological polar surface area (TPSA) is 111 Å². The van der Waals surface area contributed by atoms with Gasteiger partial charge in [-0.05, 0) is 19.3 Å². The number of hydrogen-bond donors (Lipinski definition) is 2. The van der Waals surface area contributed by atoms with Gasteiger partial charge in [0.1, 0.15) is 13.2 Å². The minimum Gasteiger partial charge on any atom is -0.463 e. The minimum absolute atomic E-state index is 0.0985. The number of nitrogens with one attached hydrogen (secondary N) is 1. The molecular weight excluding hydrogens is 522 g/mol. The quantitative estimate of drug-likeness (QED) is 0.0556. The van der Waals surface area contributed by atoms with E-state index in [1.165, 1.54) is 71.3 Å². The molecule has 2 atom stereocenters. The number of ether oxygens (including phenoxy) is 3. The van der Waals surface area contributed by atoms with Crippen LogP contribution in [0.4, 0.5) is 0 Å². The molecule has 0 rings (SSSR count). The van der Waals surface area contributed by atoms with E-state index in [1.54, 1.807) is 6.08 Å². The van der Waals surface area contributed by atoms with Gasteiger partial charge in [0, 0.05) is 13.5 Å². The maximum Gasteiger partial charge on any atom is 0.306 e. The molecule has 0 bridgehead atoms. The van der Waals surface area contributed by atoms with Gasteiger partial charge in [-0.1, -0.05) is 116 Å². The normalized spacial score (nSPS) is 12.8. The third-order valence-electron chi connectivity index (χ3n) is 7.08. The number of aliphatic hydroxyl groups is 1. The van der Waals surface area contributed by atoms with Gasteiger partial charge < -0.3 is 24.6 Å². The van der Waals surface area contributed by atoms with E-state index in [9.17, 15) is 19.5 Å². The Bertz CT molecular complexity index is 668. The molecule has 0 aliphatic heterocycles. The Morgan fingerprint density at radius 3 is 1.76 bits per heavy atom. The first kappa shape index (κ1) is 39.1. The summed E-state index contributed by atoms with van der Waals surface area (Å²) >= 11 is 0. The number of esters is 2. The lowest BCUT2D eigenvalue weighted by Crippen LogP contribution is -2.46. The van der Waals surface area contributed by atoms with E-state index in [1.807, 2.05) is 6.08 Å². The highest BCUT2D eigenvalue weighted by molar-refractivity contribution is 5.78. The Hall–Kier alpha value is -1.93. The number of unbranched alkanes of at least 4 members (excludes halogenated alkanes) is 15. The molecule has 0 saturated carbocycles. The van der Waals surface area contributed by atoms with E-state index in [4.69, 9.17) is 14.2 Å². The predicted octanol–water partition coefficient (Wildman–Crippen LogP) is 6.96. The smallest absolute Gasteiger partial charge is 0.306 e. The van der Waals surface area contributed by atoms with Crippen molar-refractivity contribution in [1.29, 1.82) is 0 Å². The van der Waals surface area contributed by atoms with Gasteiger partial charge in [-0.3, -0.25) is 14.4 Å². The van der Waals surface area contributed by atoms with Crippen LogP contribution >= 0.6 is 0 Å². The molecule has 0 aliphatic carbocycles. The summed E-state index contributed by atoms with van der Waals surface area (Å²) in [6.07, 6.45) is 23.0. The zero-order chi connectivity index (χ0) is 30.4. The molecule has 8 heteroatoms. The van der Waals surface area contributed by atoms with E-state index >= 15 is 0 Å². The number of carbonyl (C=O) groups excluding carboxylic acids is 3. The first-order chi connectivity index (χ1) is 19.9. The average Bonchev–Trinajstić information content (AvgIpc) is 2.96. The number of hydrogen-bond acceptors (Lipinski definition) is 7. The van der Waals surface area contributed by atoms with Crippen molar-refractivity contribution < 1.29 is 33.7 Å². The van der Waals surface area contributed by atoms with Gasteiger partial charge in [-0.25, -0.2) is 0 Å². The van der Waals surface area contributed by atoms with Gasteiger partial charge in [0.25, 0.3) is 0 Å². The van der Waals surface area contributed by atoms with Crippen molar-refractivity contribution in [3.05, 3.63) is 12.2 Å². The summed E-state index contributed by atoms with van der Waals surface area (Å²) in [5.74, 6) is -1.25. The summed E-state index contributed by atoms with van der Waals surface area (Å²) in [5, 5.41) is 13.6. The van der Waals surface area contributed by atoms with Gasteiger partial charge in [-0.2, -0.15) is 0 Å². The Kier molecular flexibility index (Phi) is 28.2. The molecule has 1 amide bonds. The molecule has 0 spiro atoms. The van der Waals surface area contributed by atoms with Crippen LogP contribution in [0.2, 0.25) is 0 Å². The molecule has 0 aliphatic rings. The van der Waals surface area contributed by atoms with Crippen LogP contribution in [0.25, 0.3) is 0 Å². The summed E-state index contributed by atoms with van der Waals surface area (Å²) in [4.78, 5) is 36.4. The molecule has 0 aromatic rings. The van der Waals surface area contributed by atoms with Crippen LogP contribution in [0.3, 0.4) is 0 Å². The molecule has 0 fully saturated rings. The van der Waals surface area contributed by atoms with E-state index in [2.05, 4.69) is 19.2 Å². The molecular formula is C33H61NO7. The number of rotatable bonds is 29. The molecule has 0 aromatic carbocycles. The monoisotopic (exact) mass is 583 g/mol. The zero-order valence-electron chi connectivity index (χ0n) is 26.5. The number of amides is 1. The highest BCUT2D eigenvalue weighted by atomic mass is 16.6. The summed E-state index contributed by atoms with van der Waals surface area (Å²) in [5.41, 5.74) is 0. The van der Waals surface area contributed by atoms with Crippen molar-refractivity contribution in [3.8, 4) is 0 Å². The van der Waals surface area contributed by atoms with Crippen molar-refractivity contribution in [2.75, 3.05) is 26.9 Å². The lowest BCUT2D eigenvalue weighted by atomic mass is 10.0. The van der Waals surface area contributed by atoms with Gasteiger partial charge in [-0.15, -0.1) is 0 Å². The number of aliphatic hydroxyl groups excluding tert-OH is 1. The minimum atomic E-state index is -0.974. The fourth-order valence-corrected chi connectivity index (χ4v) is 4.46. The van der Waals surface area contributed by atoms with Crippen LogP contribution in [-0.4, -0.2) is 62.0 Å². The van der Waals surface area contributed by atoms with Crippen LogP contribution in [0.1, 0.15) is 142 Å². The second-order valence-electron chi connectivity index (χ2n) is 11.0. The molecule has 41 heavy (non-hydrogen) atoms. The highest BCUT2D eigenvalue weighted by Gasteiger charge is 2.21. The van der Waals surface area contributed by atoms with Crippen molar-refractivity contribution in [1.82, 2.24) is 5.32 Å². The Morgan fingerprint density at radius 2 is 1.20 bits per heavy atom. The fourth-order valence-electron chi connectivity index (χ4n) is 4.46.